The molecule has 1 aromatic rings. The molecule has 1 aromatic heterocycles. The number of hydrogen-bond donors (Lipinski definition) is 0. The summed E-state index contributed by atoms with van der Waals surface area (Å²) in [6, 6.07) is 2.45. The number of nitrogens with zero attached hydrogens (tertiary/aromatic N) is 5. The van der Waals surface area contributed by atoms with Gasteiger partial charge in [-0.2, -0.15) is 5.26 Å². The fourth-order valence-electron chi connectivity index (χ4n) is 1.96. The minimum Gasteiger partial charge on any atom is -0.374 e. The van der Waals surface area contributed by atoms with Crippen LogP contribution in [0.15, 0.2) is 6.33 Å². The van der Waals surface area contributed by atoms with Gasteiger partial charge in [0.1, 0.15) is 12.4 Å². The summed E-state index contributed by atoms with van der Waals surface area (Å²) in [4.78, 5) is 6.26. The lowest BCUT2D eigenvalue weighted by Gasteiger charge is -2.35. The van der Waals surface area contributed by atoms with Crippen LogP contribution in [0.25, 0.3) is 0 Å². The summed E-state index contributed by atoms with van der Waals surface area (Å²) < 4.78 is 7.37. The molecule has 17 heavy (non-hydrogen) atoms. The molecule has 1 unspecified atom stereocenters. The second-order valence-electron chi connectivity index (χ2n) is 4.48. The number of nitriles is 1. The van der Waals surface area contributed by atoms with Crippen LogP contribution in [0.3, 0.4) is 0 Å². The lowest BCUT2D eigenvalue weighted by molar-refractivity contribution is -0.0470. The lowest BCUT2D eigenvalue weighted by atomic mass is 10.2. The van der Waals surface area contributed by atoms with Crippen molar-refractivity contribution in [1.82, 2.24) is 19.7 Å². The first-order chi connectivity index (χ1) is 8.19. The first-order valence-electron chi connectivity index (χ1n) is 5.84. The molecular formula is C11H17N5O. The maximum absolute atomic E-state index is 8.64. The predicted octanol–water partition coefficient (Wildman–Crippen LogP) is 0.259. The van der Waals surface area contributed by atoms with Gasteiger partial charge in [0, 0.05) is 19.1 Å². The van der Waals surface area contributed by atoms with Crippen molar-refractivity contribution in [3.63, 3.8) is 0 Å². The van der Waals surface area contributed by atoms with Crippen molar-refractivity contribution < 1.29 is 4.74 Å². The fraction of sp³-hybridized carbons (Fsp3) is 0.727. The van der Waals surface area contributed by atoms with Gasteiger partial charge in [-0.05, 0) is 13.8 Å². The molecule has 2 heterocycles. The Morgan fingerprint density at radius 1 is 1.65 bits per heavy atom. The van der Waals surface area contributed by atoms with Gasteiger partial charge in [0.05, 0.1) is 19.3 Å². The van der Waals surface area contributed by atoms with E-state index in [9.17, 15) is 0 Å². The van der Waals surface area contributed by atoms with Crippen LogP contribution in [0.1, 0.15) is 19.7 Å². The number of ether oxygens (including phenoxy) is 1. The van der Waals surface area contributed by atoms with Gasteiger partial charge in [-0.25, -0.2) is 9.67 Å². The van der Waals surface area contributed by atoms with Crippen LogP contribution < -0.4 is 0 Å². The third kappa shape index (κ3) is 3.02. The topological polar surface area (TPSA) is 67.0 Å². The molecule has 0 N–H and O–H groups in total. The van der Waals surface area contributed by atoms with Crippen molar-refractivity contribution in [3.8, 4) is 6.07 Å². The zero-order valence-electron chi connectivity index (χ0n) is 10.2. The molecule has 92 valence electrons. The Hall–Kier alpha value is -1.45. The molecule has 1 aliphatic rings. The zero-order valence-corrected chi connectivity index (χ0v) is 10.2. The second kappa shape index (κ2) is 5.25. The number of aromatic nitrogens is 3. The van der Waals surface area contributed by atoms with Crippen molar-refractivity contribution in [1.29, 1.82) is 5.26 Å². The predicted molar refractivity (Wildman–Crippen MR) is 61.2 cm³/mol. The summed E-state index contributed by atoms with van der Waals surface area (Å²) >= 11 is 0. The van der Waals surface area contributed by atoms with Crippen LogP contribution in [0.2, 0.25) is 0 Å². The average molecular weight is 235 g/mol. The molecule has 0 saturated carbocycles. The molecule has 6 nitrogen and oxygen atoms in total. The Bertz CT molecular complexity index is 408. The Morgan fingerprint density at radius 3 is 3.12 bits per heavy atom. The second-order valence-corrected chi connectivity index (χ2v) is 4.48. The Kier molecular flexibility index (Phi) is 3.71. The van der Waals surface area contributed by atoms with Crippen molar-refractivity contribution >= 4 is 0 Å². The third-order valence-electron chi connectivity index (χ3n) is 2.93. The van der Waals surface area contributed by atoms with Crippen LogP contribution >= 0.6 is 0 Å². The quantitative estimate of drug-likeness (QED) is 0.751. The van der Waals surface area contributed by atoms with Gasteiger partial charge >= 0.3 is 0 Å². The number of hydrogen-bond acceptors (Lipinski definition) is 5. The minimum atomic E-state index is 0.124. The van der Waals surface area contributed by atoms with Crippen LogP contribution in [-0.2, 0) is 11.3 Å². The van der Waals surface area contributed by atoms with Crippen molar-refractivity contribution in [2.75, 3.05) is 19.7 Å². The summed E-state index contributed by atoms with van der Waals surface area (Å²) in [6.45, 7) is 7.66. The first kappa shape index (κ1) is 12.0. The van der Waals surface area contributed by atoms with Gasteiger partial charge in [-0.1, -0.05) is 0 Å². The monoisotopic (exact) mass is 235 g/mol. The summed E-state index contributed by atoms with van der Waals surface area (Å²) in [5.41, 5.74) is 0. The van der Waals surface area contributed by atoms with E-state index in [0.717, 1.165) is 19.7 Å². The maximum atomic E-state index is 8.64. The molecule has 0 spiro atoms. The molecule has 0 bridgehead atoms. The molecule has 0 aromatic carbocycles. The Morgan fingerprint density at radius 2 is 2.47 bits per heavy atom. The molecule has 1 fully saturated rings. The molecular weight excluding hydrogens is 218 g/mol. The van der Waals surface area contributed by atoms with E-state index in [1.54, 1.807) is 11.0 Å². The lowest BCUT2D eigenvalue weighted by Crippen LogP contribution is -2.47. The summed E-state index contributed by atoms with van der Waals surface area (Å²) in [6.07, 6.45) is 1.70. The molecule has 1 saturated heterocycles. The van der Waals surface area contributed by atoms with Gasteiger partial charge in [0.25, 0.3) is 5.82 Å². The summed E-state index contributed by atoms with van der Waals surface area (Å²) in [5.74, 6) is 0.210. The molecule has 0 amide bonds. The van der Waals surface area contributed by atoms with Crippen LogP contribution in [0.5, 0.6) is 0 Å². The summed E-state index contributed by atoms with van der Waals surface area (Å²) in [7, 11) is 0. The number of morpholine rings is 1. The number of rotatable bonds is 3. The average Bonchev–Trinajstić information content (AvgIpc) is 2.77. The largest absolute Gasteiger partial charge is 0.374 e. The fourth-order valence-corrected chi connectivity index (χ4v) is 1.96. The molecule has 2 rings (SSSR count). The smallest absolute Gasteiger partial charge is 0.252 e. The molecule has 1 atom stereocenters. The minimum absolute atomic E-state index is 0.124. The highest BCUT2D eigenvalue weighted by Crippen LogP contribution is 2.10. The van der Waals surface area contributed by atoms with E-state index in [1.165, 1.54) is 0 Å². The van der Waals surface area contributed by atoms with E-state index in [4.69, 9.17) is 10.00 Å². The molecule has 0 radical (unpaired) electrons. The van der Waals surface area contributed by atoms with Gasteiger partial charge < -0.3 is 4.74 Å². The highest BCUT2D eigenvalue weighted by molar-refractivity contribution is 5.05. The van der Waals surface area contributed by atoms with Crippen LogP contribution in [0, 0.1) is 11.3 Å². The normalized spacial score (nSPS) is 21.6. The van der Waals surface area contributed by atoms with Crippen molar-refractivity contribution in [2.24, 2.45) is 0 Å². The Labute approximate surface area is 101 Å². The van der Waals surface area contributed by atoms with Gasteiger partial charge in [-0.3, -0.25) is 4.90 Å². The van der Waals surface area contributed by atoms with E-state index < -0.39 is 0 Å². The van der Waals surface area contributed by atoms with E-state index in [-0.39, 0.29) is 11.9 Å². The van der Waals surface area contributed by atoms with Crippen molar-refractivity contribution in [2.45, 2.75) is 32.5 Å². The SMILES string of the molecule is CC(C)N1CCOC(Cn2cnc(C#N)n2)C1. The van der Waals surface area contributed by atoms with E-state index >= 15 is 0 Å². The summed E-state index contributed by atoms with van der Waals surface area (Å²) in [5, 5.41) is 12.7. The molecule has 6 heteroatoms. The van der Waals surface area contributed by atoms with Crippen LogP contribution in [0.4, 0.5) is 0 Å². The third-order valence-corrected chi connectivity index (χ3v) is 2.93. The van der Waals surface area contributed by atoms with Gasteiger partial charge in [-0.15, -0.1) is 5.10 Å². The highest BCUT2D eigenvalue weighted by Gasteiger charge is 2.22. The van der Waals surface area contributed by atoms with Gasteiger partial charge in [0.15, 0.2) is 0 Å². The van der Waals surface area contributed by atoms with E-state index in [0.29, 0.717) is 12.6 Å². The van der Waals surface area contributed by atoms with E-state index in [1.807, 2.05) is 6.07 Å². The zero-order chi connectivity index (χ0) is 12.3. The standard InChI is InChI=1S/C11H17N5O/c1-9(2)15-3-4-17-10(6-15)7-16-8-13-11(5-12)14-16/h8-10H,3-4,6-7H2,1-2H3. The van der Waals surface area contributed by atoms with Crippen LogP contribution in [-0.4, -0.2) is 51.5 Å². The molecule has 1 aliphatic heterocycles. The van der Waals surface area contributed by atoms with Gasteiger partial charge in [0.2, 0.25) is 0 Å². The Balaban J connectivity index is 1.92. The first-order valence-corrected chi connectivity index (χ1v) is 5.84. The highest BCUT2D eigenvalue weighted by atomic mass is 16.5. The van der Waals surface area contributed by atoms with Crippen molar-refractivity contribution in [3.05, 3.63) is 12.2 Å². The van der Waals surface area contributed by atoms with E-state index in [2.05, 4.69) is 28.8 Å². The maximum Gasteiger partial charge on any atom is 0.252 e. The molecule has 0 aliphatic carbocycles.